The van der Waals surface area contributed by atoms with E-state index in [4.69, 9.17) is 0 Å². The number of amides is 2. The Kier molecular flexibility index (Phi) is 4.65. The topological polar surface area (TPSA) is 58.2 Å². The molecule has 0 aromatic heterocycles. The molecule has 22 heavy (non-hydrogen) atoms. The molecule has 0 heterocycles. The summed E-state index contributed by atoms with van der Waals surface area (Å²) in [6.45, 7) is 0. The molecule has 2 atom stereocenters. The molecule has 4 nitrogen and oxygen atoms in total. The zero-order valence-electron chi connectivity index (χ0n) is 13.1. The third kappa shape index (κ3) is 3.11. The lowest BCUT2D eigenvalue weighted by Crippen LogP contribution is -2.58. The van der Waals surface area contributed by atoms with E-state index in [0.717, 1.165) is 44.9 Å². The third-order valence-electron chi connectivity index (χ3n) is 5.22. The van der Waals surface area contributed by atoms with Crippen LogP contribution in [0.4, 0.5) is 0 Å². The molecule has 0 saturated heterocycles. The van der Waals surface area contributed by atoms with Gasteiger partial charge in [-0.2, -0.15) is 0 Å². The first-order valence-electron chi connectivity index (χ1n) is 8.66. The van der Waals surface area contributed by atoms with E-state index in [1.54, 1.807) is 0 Å². The number of allylic oxidation sites excluding steroid dienone is 2. The Hall–Kier alpha value is -1.58. The summed E-state index contributed by atoms with van der Waals surface area (Å²) < 4.78 is 0. The summed E-state index contributed by atoms with van der Waals surface area (Å²) in [5, 5.41) is 6.15. The first-order chi connectivity index (χ1) is 10.7. The van der Waals surface area contributed by atoms with Gasteiger partial charge in [0.1, 0.15) is 5.41 Å². The van der Waals surface area contributed by atoms with Crippen LogP contribution in [-0.4, -0.2) is 23.9 Å². The van der Waals surface area contributed by atoms with Crippen LogP contribution in [-0.2, 0) is 9.59 Å². The van der Waals surface area contributed by atoms with Crippen LogP contribution >= 0.6 is 0 Å². The highest BCUT2D eigenvalue weighted by molar-refractivity contribution is 6.06. The van der Waals surface area contributed by atoms with Crippen molar-refractivity contribution in [1.29, 1.82) is 0 Å². The average Bonchev–Trinajstić information content (AvgIpc) is 2.48. The second-order valence-electron chi connectivity index (χ2n) is 6.81. The van der Waals surface area contributed by atoms with Crippen molar-refractivity contribution in [3.05, 3.63) is 24.3 Å². The van der Waals surface area contributed by atoms with Crippen LogP contribution in [0.15, 0.2) is 24.3 Å². The fourth-order valence-electron chi connectivity index (χ4n) is 3.57. The van der Waals surface area contributed by atoms with Crippen molar-refractivity contribution in [1.82, 2.24) is 10.6 Å². The monoisotopic (exact) mass is 302 g/mol. The van der Waals surface area contributed by atoms with Crippen LogP contribution in [0.1, 0.15) is 57.8 Å². The second kappa shape index (κ2) is 6.67. The van der Waals surface area contributed by atoms with Gasteiger partial charge in [0.15, 0.2) is 0 Å². The molecular formula is C18H26N2O2. The van der Waals surface area contributed by atoms with Gasteiger partial charge >= 0.3 is 0 Å². The van der Waals surface area contributed by atoms with Gasteiger partial charge in [-0.25, -0.2) is 0 Å². The molecule has 0 bridgehead atoms. The molecule has 1 fully saturated rings. The molecule has 2 amide bonds. The number of carbonyl (C=O) groups excluding carboxylic acids is 2. The lowest BCUT2D eigenvalue weighted by Gasteiger charge is -2.40. The van der Waals surface area contributed by atoms with Crippen molar-refractivity contribution < 1.29 is 9.59 Å². The van der Waals surface area contributed by atoms with Crippen LogP contribution in [0, 0.1) is 5.41 Å². The molecule has 0 radical (unpaired) electrons. The molecule has 2 N–H and O–H groups in total. The number of carbonyl (C=O) groups is 2. The number of nitrogens with one attached hydrogen (secondary N) is 2. The van der Waals surface area contributed by atoms with E-state index in [-0.39, 0.29) is 23.9 Å². The predicted octanol–water partition coefficient (Wildman–Crippen LogP) is 2.61. The van der Waals surface area contributed by atoms with Crippen molar-refractivity contribution in [3.8, 4) is 0 Å². The van der Waals surface area contributed by atoms with Crippen LogP contribution < -0.4 is 10.6 Å². The van der Waals surface area contributed by atoms with Gasteiger partial charge in [0.05, 0.1) is 0 Å². The van der Waals surface area contributed by atoms with E-state index < -0.39 is 5.41 Å². The Morgan fingerprint density at radius 3 is 1.64 bits per heavy atom. The van der Waals surface area contributed by atoms with Crippen molar-refractivity contribution in [2.75, 3.05) is 0 Å². The SMILES string of the molecule is O=C(N[C@@H]1C=CCCC1)C1(C(=O)N[C@@H]2C=CCCC2)CCC1. The smallest absolute Gasteiger partial charge is 0.236 e. The largest absolute Gasteiger partial charge is 0.349 e. The summed E-state index contributed by atoms with van der Waals surface area (Å²) in [6.07, 6.45) is 17.0. The van der Waals surface area contributed by atoms with Gasteiger partial charge < -0.3 is 10.6 Å². The Morgan fingerprint density at radius 2 is 1.32 bits per heavy atom. The van der Waals surface area contributed by atoms with Crippen molar-refractivity contribution in [2.45, 2.75) is 69.9 Å². The maximum Gasteiger partial charge on any atom is 0.236 e. The summed E-state index contributed by atoms with van der Waals surface area (Å²) in [7, 11) is 0. The molecule has 0 unspecified atom stereocenters. The van der Waals surface area contributed by atoms with Crippen LogP contribution in [0.3, 0.4) is 0 Å². The molecule has 3 rings (SSSR count). The Labute approximate surface area is 132 Å². The molecule has 0 spiro atoms. The summed E-state index contributed by atoms with van der Waals surface area (Å²) in [4.78, 5) is 25.3. The quantitative estimate of drug-likeness (QED) is 0.619. The van der Waals surface area contributed by atoms with E-state index in [2.05, 4.69) is 34.9 Å². The second-order valence-corrected chi connectivity index (χ2v) is 6.81. The molecule has 4 heteroatoms. The fourth-order valence-corrected chi connectivity index (χ4v) is 3.57. The van der Waals surface area contributed by atoms with Crippen LogP contribution in [0.5, 0.6) is 0 Å². The highest BCUT2D eigenvalue weighted by Crippen LogP contribution is 2.42. The minimum Gasteiger partial charge on any atom is -0.349 e. The van der Waals surface area contributed by atoms with Crippen molar-refractivity contribution in [3.63, 3.8) is 0 Å². The van der Waals surface area contributed by atoms with Crippen LogP contribution in [0.2, 0.25) is 0 Å². The molecule has 0 aliphatic heterocycles. The highest BCUT2D eigenvalue weighted by atomic mass is 16.2. The average molecular weight is 302 g/mol. The molecule has 120 valence electrons. The summed E-state index contributed by atoms with van der Waals surface area (Å²) >= 11 is 0. The van der Waals surface area contributed by atoms with E-state index >= 15 is 0 Å². The Balaban J connectivity index is 1.62. The zero-order chi connectivity index (χ0) is 15.4. The third-order valence-corrected chi connectivity index (χ3v) is 5.22. The first kappa shape index (κ1) is 15.3. The van der Waals surface area contributed by atoms with E-state index in [0.29, 0.717) is 12.8 Å². The number of rotatable bonds is 4. The van der Waals surface area contributed by atoms with Gasteiger partial charge in [-0.05, 0) is 51.4 Å². The van der Waals surface area contributed by atoms with Gasteiger partial charge in [0, 0.05) is 12.1 Å². The van der Waals surface area contributed by atoms with Gasteiger partial charge in [0.2, 0.25) is 11.8 Å². The fraction of sp³-hybridized carbons (Fsp3) is 0.667. The highest BCUT2D eigenvalue weighted by Gasteiger charge is 2.51. The minimum atomic E-state index is -0.823. The van der Waals surface area contributed by atoms with Gasteiger partial charge in [-0.15, -0.1) is 0 Å². The standard InChI is InChI=1S/C18H26N2O2/c21-16(19-14-8-3-1-4-9-14)18(12-7-13-18)17(22)20-15-10-5-2-6-11-15/h3,5,8,10,14-15H,1-2,4,6-7,9,11-13H2,(H,19,21)(H,20,22)/t14-,15-/m1/s1. The lowest BCUT2D eigenvalue weighted by molar-refractivity contribution is -0.150. The van der Waals surface area contributed by atoms with Crippen LogP contribution in [0.25, 0.3) is 0 Å². The van der Waals surface area contributed by atoms with E-state index in [9.17, 15) is 9.59 Å². The number of hydrogen-bond donors (Lipinski definition) is 2. The number of hydrogen-bond acceptors (Lipinski definition) is 2. The normalized spacial score (nSPS) is 29.5. The molecular weight excluding hydrogens is 276 g/mol. The lowest BCUT2D eigenvalue weighted by atomic mass is 9.67. The maximum absolute atomic E-state index is 12.7. The Morgan fingerprint density at radius 1 is 0.818 bits per heavy atom. The van der Waals surface area contributed by atoms with E-state index in [1.165, 1.54) is 0 Å². The molecule has 3 aliphatic rings. The Bertz CT molecular complexity index is 451. The van der Waals surface area contributed by atoms with Gasteiger partial charge in [0.25, 0.3) is 0 Å². The maximum atomic E-state index is 12.7. The first-order valence-corrected chi connectivity index (χ1v) is 8.66. The zero-order valence-corrected chi connectivity index (χ0v) is 13.1. The van der Waals surface area contributed by atoms with E-state index in [1.807, 2.05) is 0 Å². The summed E-state index contributed by atoms with van der Waals surface area (Å²) in [5.41, 5.74) is -0.823. The van der Waals surface area contributed by atoms with Crippen molar-refractivity contribution in [2.24, 2.45) is 5.41 Å². The molecule has 0 aromatic carbocycles. The van der Waals surface area contributed by atoms with Gasteiger partial charge in [-0.3, -0.25) is 9.59 Å². The van der Waals surface area contributed by atoms with Gasteiger partial charge in [-0.1, -0.05) is 30.7 Å². The summed E-state index contributed by atoms with van der Waals surface area (Å²) in [6, 6.07) is 0.196. The molecule has 0 aromatic rings. The molecule has 1 saturated carbocycles. The minimum absolute atomic E-state index is 0.0763. The van der Waals surface area contributed by atoms with Crippen molar-refractivity contribution >= 4 is 11.8 Å². The molecule has 3 aliphatic carbocycles. The summed E-state index contributed by atoms with van der Waals surface area (Å²) in [5.74, 6) is -0.153. The predicted molar refractivity (Wildman–Crippen MR) is 86.1 cm³/mol.